The van der Waals surface area contributed by atoms with Crippen LogP contribution in [0.3, 0.4) is 0 Å². The van der Waals surface area contributed by atoms with Gasteiger partial charge < -0.3 is 15.0 Å². The monoisotopic (exact) mass is 400 g/mol. The number of carbonyl (C=O) groups excluding carboxylic acids is 1. The first kappa shape index (κ1) is 19.5. The van der Waals surface area contributed by atoms with Crippen LogP contribution in [0.25, 0.3) is 16.9 Å². The number of hydrogen-bond acceptors (Lipinski definition) is 5. The summed E-state index contributed by atoms with van der Waals surface area (Å²) in [4.78, 5) is 19.2. The van der Waals surface area contributed by atoms with Crippen LogP contribution in [0, 0.1) is 6.92 Å². The smallest absolute Gasteiger partial charge is 0.339 e. The second-order valence-electron chi connectivity index (χ2n) is 7.34. The van der Waals surface area contributed by atoms with Crippen LogP contribution in [0.15, 0.2) is 66.9 Å². The molecule has 2 aromatic heterocycles. The fourth-order valence-corrected chi connectivity index (χ4v) is 3.39. The van der Waals surface area contributed by atoms with Gasteiger partial charge in [0.15, 0.2) is 0 Å². The molecule has 152 valence electrons. The lowest BCUT2D eigenvalue weighted by molar-refractivity contribution is 0.0602. The number of fused-ring (bicyclic) bond motifs is 1. The van der Waals surface area contributed by atoms with E-state index in [1.54, 1.807) is 6.07 Å². The number of benzene rings is 2. The Morgan fingerprint density at radius 2 is 1.80 bits per heavy atom. The van der Waals surface area contributed by atoms with Gasteiger partial charge in [-0.15, -0.1) is 0 Å². The van der Waals surface area contributed by atoms with Gasteiger partial charge in [-0.25, -0.2) is 9.78 Å². The van der Waals surface area contributed by atoms with E-state index in [4.69, 9.17) is 9.72 Å². The number of imidazole rings is 1. The minimum Gasteiger partial charge on any atom is -0.465 e. The van der Waals surface area contributed by atoms with Crippen LogP contribution < -0.4 is 10.2 Å². The predicted octanol–water partition coefficient (Wildman–Crippen LogP) is 4.91. The molecular weight excluding hydrogens is 376 g/mol. The van der Waals surface area contributed by atoms with Crippen molar-refractivity contribution in [1.82, 2.24) is 9.38 Å². The number of aromatic nitrogens is 2. The molecule has 30 heavy (non-hydrogen) atoms. The van der Waals surface area contributed by atoms with Gasteiger partial charge in [-0.2, -0.15) is 0 Å². The van der Waals surface area contributed by atoms with E-state index in [9.17, 15) is 4.79 Å². The van der Waals surface area contributed by atoms with Crippen LogP contribution >= 0.6 is 0 Å². The van der Waals surface area contributed by atoms with E-state index < -0.39 is 0 Å². The zero-order chi connectivity index (χ0) is 21.3. The fourth-order valence-electron chi connectivity index (χ4n) is 3.39. The average molecular weight is 400 g/mol. The molecule has 0 aliphatic heterocycles. The van der Waals surface area contributed by atoms with Gasteiger partial charge in [0, 0.05) is 31.5 Å². The Balaban J connectivity index is 1.87. The summed E-state index contributed by atoms with van der Waals surface area (Å²) in [5, 5.41) is 3.42. The van der Waals surface area contributed by atoms with Crippen LogP contribution in [0.2, 0.25) is 0 Å². The molecule has 4 aromatic rings. The summed E-state index contributed by atoms with van der Waals surface area (Å²) in [6.07, 6.45) is 1.98. The van der Waals surface area contributed by atoms with E-state index in [1.165, 1.54) is 7.11 Å². The summed E-state index contributed by atoms with van der Waals surface area (Å²) < 4.78 is 6.94. The molecule has 2 aromatic carbocycles. The first-order valence-electron chi connectivity index (χ1n) is 9.69. The Labute approximate surface area is 175 Å². The van der Waals surface area contributed by atoms with Crippen molar-refractivity contribution in [2.75, 3.05) is 31.4 Å². The van der Waals surface area contributed by atoms with E-state index in [-0.39, 0.29) is 5.97 Å². The highest BCUT2D eigenvalue weighted by atomic mass is 16.5. The second-order valence-corrected chi connectivity index (χ2v) is 7.34. The molecule has 0 bridgehead atoms. The number of para-hydroxylation sites is 1. The summed E-state index contributed by atoms with van der Waals surface area (Å²) in [7, 11) is 5.41. The lowest BCUT2D eigenvalue weighted by atomic mass is 10.1. The summed E-state index contributed by atoms with van der Waals surface area (Å²) in [6, 6.07) is 19.6. The summed E-state index contributed by atoms with van der Waals surface area (Å²) in [5.74, 6) is 0.401. The Bertz CT molecular complexity index is 1210. The quantitative estimate of drug-likeness (QED) is 0.483. The van der Waals surface area contributed by atoms with Gasteiger partial charge in [0.2, 0.25) is 0 Å². The molecule has 0 amide bonds. The SMILES string of the molecule is COC(=O)c1ccccc1Nc1c(-c2ccc(N(C)C)cc2)nc2cc(C)ccn12. The molecule has 0 saturated carbocycles. The highest BCUT2D eigenvalue weighted by molar-refractivity contribution is 5.97. The van der Waals surface area contributed by atoms with Gasteiger partial charge in [0.1, 0.15) is 17.2 Å². The maximum atomic E-state index is 12.2. The molecule has 2 heterocycles. The van der Waals surface area contributed by atoms with Crippen molar-refractivity contribution in [3.05, 3.63) is 78.0 Å². The number of nitrogens with zero attached hydrogens (tertiary/aromatic N) is 3. The maximum Gasteiger partial charge on any atom is 0.339 e. The van der Waals surface area contributed by atoms with Gasteiger partial charge in [0.25, 0.3) is 0 Å². The van der Waals surface area contributed by atoms with Gasteiger partial charge in [0.05, 0.1) is 18.4 Å². The van der Waals surface area contributed by atoms with Crippen molar-refractivity contribution < 1.29 is 9.53 Å². The largest absolute Gasteiger partial charge is 0.465 e. The third kappa shape index (κ3) is 3.59. The lowest BCUT2D eigenvalue weighted by Crippen LogP contribution is -2.08. The summed E-state index contributed by atoms with van der Waals surface area (Å²) >= 11 is 0. The third-order valence-corrected chi connectivity index (χ3v) is 5.02. The normalized spacial score (nSPS) is 10.8. The molecule has 0 saturated heterocycles. The fraction of sp³-hybridized carbons (Fsp3) is 0.167. The average Bonchev–Trinajstić information content (AvgIpc) is 3.11. The van der Waals surface area contributed by atoms with Crippen molar-refractivity contribution in [3.63, 3.8) is 0 Å². The predicted molar refractivity (Wildman–Crippen MR) is 121 cm³/mol. The Kier molecular flexibility index (Phi) is 5.14. The molecule has 6 heteroatoms. The standard InChI is InChI=1S/C24H24N4O2/c1-16-13-14-28-21(15-16)26-22(17-9-11-18(12-10-17)27(2)3)23(28)25-20-8-6-5-7-19(20)24(29)30-4/h5-15,25H,1-4H3. The minimum absolute atomic E-state index is 0.389. The molecule has 1 N–H and O–H groups in total. The molecule has 0 fully saturated rings. The molecule has 0 aliphatic rings. The van der Waals surface area contributed by atoms with Crippen molar-refractivity contribution in [2.24, 2.45) is 0 Å². The number of methoxy groups -OCH3 is 1. The molecule has 4 rings (SSSR count). The number of hydrogen-bond donors (Lipinski definition) is 1. The number of pyridine rings is 1. The van der Waals surface area contributed by atoms with Crippen molar-refractivity contribution in [2.45, 2.75) is 6.92 Å². The first-order valence-corrected chi connectivity index (χ1v) is 9.69. The number of anilines is 3. The van der Waals surface area contributed by atoms with Gasteiger partial charge in [-0.3, -0.25) is 4.40 Å². The van der Waals surface area contributed by atoms with E-state index >= 15 is 0 Å². The van der Waals surface area contributed by atoms with Gasteiger partial charge in [-0.1, -0.05) is 24.3 Å². The Hall–Kier alpha value is -3.80. The Morgan fingerprint density at radius 3 is 2.50 bits per heavy atom. The van der Waals surface area contributed by atoms with Crippen LogP contribution in [-0.4, -0.2) is 36.6 Å². The lowest BCUT2D eigenvalue weighted by Gasteiger charge is -2.14. The molecule has 0 unspecified atom stereocenters. The zero-order valence-corrected chi connectivity index (χ0v) is 17.5. The minimum atomic E-state index is -0.389. The summed E-state index contributed by atoms with van der Waals surface area (Å²) in [6.45, 7) is 2.04. The molecule has 0 atom stereocenters. The van der Waals surface area contributed by atoms with E-state index in [0.717, 1.165) is 34.0 Å². The van der Waals surface area contributed by atoms with Crippen molar-refractivity contribution in [1.29, 1.82) is 0 Å². The molecule has 6 nitrogen and oxygen atoms in total. The van der Waals surface area contributed by atoms with Crippen LogP contribution in [0.1, 0.15) is 15.9 Å². The van der Waals surface area contributed by atoms with Gasteiger partial charge >= 0.3 is 5.97 Å². The van der Waals surface area contributed by atoms with E-state index in [0.29, 0.717) is 11.3 Å². The van der Waals surface area contributed by atoms with Crippen LogP contribution in [0.4, 0.5) is 17.2 Å². The number of ether oxygens (including phenoxy) is 1. The Morgan fingerprint density at radius 1 is 1.07 bits per heavy atom. The number of nitrogens with one attached hydrogen (secondary N) is 1. The first-order chi connectivity index (χ1) is 14.5. The number of esters is 1. The number of carbonyl (C=O) groups is 1. The third-order valence-electron chi connectivity index (χ3n) is 5.02. The summed E-state index contributed by atoms with van der Waals surface area (Å²) in [5.41, 5.74) is 6.01. The highest BCUT2D eigenvalue weighted by Gasteiger charge is 2.18. The topological polar surface area (TPSA) is 58.9 Å². The van der Waals surface area contributed by atoms with Crippen molar-refractivity contribution in [3.8, 4) is 11.3 Å². The number of rotatable bonds is 5. The highest BCUT2D eigenvalue weighted by Crippen LogP contribution is 2.33. The van der Waals surface area contributed by atoms with Gasteiger partial charge in [-0.05, 0) is 48.9 Å². The van der Waals surface area contributed by atoms with Crippen LogP contribution in [-0.2, 0) is 4.74 Å². The van der Waals surface area contributed by atoms with E-state index in [2.05, 4.69) is 34.5 Å². The number of aryl methyl sites for hydroxylation is 1. The second kappa shape index (κ2) is 7.91. The zero-order valence-electron chi connectivity index (χ0n) is 17.5. The maximum absolute atomic E-state index is 12.2. The molecule has 0 radical (unpaired) electrons. The molecule has 0 aliphatic carbocycles. The van der Waals surface area contributed by atoms with Crippen molar-refractivity contribution >= 4 is 28.8 Å². The van der Waals surface area contributed by atoms with Crippen LogP contribution in [0.5, 0.6) is 0 Å². The van der Waals surface area contributed by atoms with E-state index in [1.807, 2.05) is 61.9 Å². The molecular formula is C24H24N4O2. The molecule has 0 spiro atoms.